The van der Waals surface area contributed by atoms with Gasteiger partial charge in [0.25, 0.3) is 0 Å². The molecule has 4 nitrogen and oxygen atoms in total. The zero-order chi connectivity index (χ0) is 10.6. The van der Waals surface area contributed by atoms with Crippen molar-refractivity contribution in [3.63, 3.8) is 0 Å². The van der Waals surface area contributed by atoms with E-state index in [4.69, 9.17) is 9.84 Å². The summed E-state index contributed by atoms with van der Waals surface area (Å²) in [7, 11) is 0. The fourth-order valence-electron chi connectivity index (χ4n) is 1.03. The van der Waals surface area contributed by atoms with E-state index >= 15 is 0 Å². The average molecular weight is 203 g/mol. The molecule has 1 amide bonds. The minimum atomic E-state index is 0.0648. The van der Waals surface area contributed by atoms with Gasteiger partial charge in [-0.25, -0.2) is 0 Å². The highest BCUT2D eigenvalue weighted by atomic mass is 16.5. The zero-order valence-electron chi connectivity index (χ0n) is 8.92. The monoisotopic (exact) mass is 203 g/mol. The highest BCUT2D eigenvalue weighted by molar-refractivity contribution is 5.75. The van der Waals surface area contributed by atoms with Crippen LogP contribution in [-0.4, -0.2) is 37.4 Å². The molecule has 84 valence electrons. The molecule has 0 aliphatic heterocycles. The summed E-state index contributed by atoms with van der Waals surface area (Å²) in [5.74, 6) is 0.0648. The van der Waals surface area contributed by atoms with Crippen LogP contribution in [0.5, 0.6) is 0 Å². The molecule has 0 unspecified atom stereocenters. The van der Waals surface area contributed by atoms with E-state index in [0.717, 1.165) is 19.4 Å². The highest BCUT2D eigenvalue weighted by Gasteiger charge is 1.99. The number of amides is 1. The van der Waals surface area contributed by atoms with E-state index in [1.54, 1.807) is 0 Å². The van der Waals surface area contributed by atoms with Gasteiger partial charge in [0.2, 0.25) is 5.91 Å². The molecule has 0 fully saturated rings. The summed E-state index contributed by atoms with van der Waals surface area (Å²) in [6, 6.07) is 0. The molecular weight excluding hydrogens is 182 g/mol. The van der Waals surface area contributed by atoms with E-state index in [2.05, 4.69) is 5.32 Å². The number of rotatable bonds is 9. The SMILES string of the molecule is CCOCCCNC(=O)CCCCO. The van der Waals surface area contributed by atoms with Crippen LogP contribution < -0.4 is 5.32 Å². The maximum atomic E-state index is 11.1. The second-order valence-electron chi connectivity index (χ2n) is 3.08. The third-order valence-electron chi connectivity index (χ3n) is 1.80. The number of ether oxygens (including phenoxy) is 1. The Morgan fingerprint density at radius 2 is 2.14 bits per heavy atom. The molecular formula is C10H21NO3. The van der Waals surface area contributed by atoms with Gasteiger partial charge in [0.05, 0.1) is 0 Å². The third-order valence-corrected chi connectivity index (χ3v) is 1.80. The van der Waals surface area contributed by atoms with Gasteiger partial charge in [0.15, 0.2) is 0 Å². The molecule has 0 aliphatic carbocycles. The van der Waals surface area contributed by atoms with Crippen molar-refractivity contribution in [3.8, 4) is 0 Å². The summed E-state index contributed by atoms with van der Waals surface area (Å²) < 4.78 is 5.13. The van der Waals surface area contributed by atoms with Crippen molar-refractivity contribution in [2.75, 3.05) is 26.4 Å². The van der Waals surface area contributed by atoms with Crippen LogP contribution in [0.15, 0.2) is 0 Å². The Balaban J connectivity index is 3.10. The van der Waals surface area contributed by atoms with Crippen LogP contribution in [-0.2, 0) is 9.53 Å². The first-order valence-corrected chi connectivity index (χ1v) is 5.26. The van der Waals surface area contributed by atoms with Crippen molar-refractivity contribution in [2.45, 2.75) is 32.6 Å². The predicted molar refractivity (Wildman–Crippen MR) is 55.1 cm³/mol. The van der Waals surface area contributed by atoms with Crippen molar-refractivity contribution in [3.05, 3.63) is 0 Å². The second kappa shape index (κ2) is 10.5. The van der Waals surface area contributed by atoms with Gasteiger partial charge in [0, 0.05) is 32.8 Å². The molecule has 0 aliphatic rings. The number of carbonyl (C=O) groups excluding carboxylic acids is 1. The number of unbranched alkanes of at least 4 members (excludes halogenated alkanes) is 1. The lowest BCUT2D eigenvalue weighted by atomic mass is 10.2. The van der Waals surface area contributed by atoms with Crippen LogP contribution in [0.2, 0.25) is 0 Å². The fraction of sp³-hybridized carbons (Fsp3) is 0.900. The van der Waals surface area contributed by atoms with E-state index in [0.29, 0.717) is 26.0 Å². The zero-order valence-corrected chi connectivity index (χ0v) is 8.92. The van der Waals surface area contributed by atoms with E-state index in [1.165, 1.54) is 0 Å². The number of hydrogen-bond donors (Lipinski definition) is 2. The van der Waals surface area contributed by atoms with Gasteiger partial charge in [-0.3, -0.25) is 4.79 Å². The minimum absolute atomic E-state index is 0.0648. The molecule has 0 atom stereocenters. The molecule has 0 bridgehead atoms. The van der Waals surface area contributed by atoms with Crippen molar-refractivity contribution >= 4 is 5.91 Å². The highest BCUT2D eigenvalue weighted by Crippen LogP contribution is 1.93. The van der Waals surface area contributed by atoms with Crippen molar-refractivity contribution in [1.29, 1.82) is 0 Å². The van der Waals surface area contributed by atoms with E-state index in [1.807, 2.05) is 6.92 Å². The van der Waals surface area contributed by atoms with Gasteiger partial charge in [0.1, 0.15) is 0 Å². The van der Waals surface area contributed by atoms with Gasteiger partial charge in [-0.15, -0.1) is 0 Å². The Bertz CT molecular complexity index is 139. The maximum Gasteiger partial charge on any atom is 0.219 e. The van der Waals surface area contributed by atoms with Gasteiger partial charge in [-0.1, -0.05) is 0 Å². The van der Waals surface area contributed by atoms with E-state index in [-0.39, 0.29) is 12.5 Å². The topological polar surface area (TPSA) is 58.6 Å². The molecule has 0 aromatic carbocycles. The van der Waals surface area contributed by atoms with Crippen LogP contribution in [0.25, 0.3) is 0 Å². The number of hydrogen-bond acceptors (Lipinski definition) is 3. The fourth-order valence-corrected chi connectivity index (χ4v) is 1.03. The Morgan fingerprint density at radius 1 is 1.36 bits per heavy atom. The molecule has 4 heteroatoms. The molecule has 14 heavy (non-hydrogen) atoms. The second-order valence-corrected chi connectivity index (χ2v) is 3.08. The summed E-state index contributed by atoms with van der Waals surface area (Å²) in [4.78, 5) is 11.1. The summed E-state index contributed by atoms with van der Waals surface area (Å²) in [5.41, 5.74) is 0. The first-order chi connectivity index (χ1) is 6.81. The molecule has 0 spiro atoms. The Kier molecular flexibility index (Phi) is 10.0. The standard InChI is InChI=1S/C10H21NO3/c1-2-14-9-5-7-11-10(13)6-3-4-8-12/h12H,2-9H2,1H3,(H,11,13). The molecule has 0 rings (SSSR count). The normalized spacial score (nSPS) is 10.1. The Labute approximate surface area is 85.6 Å². The first-order valence-electron chi connectivity index (χ1n) is 5.26. The van der Waals surface area contributed by atoms with Crippen molar-refractivity contribution in [1.82, 2.24) is 5.32 Å². The minimum Gasteiger partial charge on any atom is -0.396 e. The van der Waals surface area contributed by atoms with Gasteiger partial charge in [-0.05, 0) is 26.2 Å². The number of nitrogens with one attached hydrogen (secondary N) is 1. The number of carbonyl (C=O) groups is 1. The molecule has 0 aromatic rings. The first kappa shape index (κ1) is 13.4. The van der Waals surface area contributed by atoms with Crippen LogP contribution in [0.1, 0.15) is 32.6 Å². The lowest BCUT2D eigenvalue weighted by Gasteiger charge is -2.04. The Hall–Kier alpha value is -0.610. The van der Waals surface area contributed by atoms with E-state index in [9.17, 15) is 4.79 Å². The van der Waals surface area contributed by atoms with Gasteiger partial charge >= 0.3 is 0 Å². The molecule has 2 N–H and O–H groups in total. The number of aliphatic hydroxyl groups is 1. The van der Waals surface area contributed by atoms with Gasteiger partial charge < -0.3 is 15.2 Å². The molecule has 0 saturated heterocycles. The largest absolute Gasteiger partial charge is 0.396 e. The molecule has 0 heterocycles. The van der Waals surface area contributed by atoms with Crippen LogP contribution in [0.4, 0.5) is 0 Å². The van der Waals surface area contributed by atoms with Crippen LogP contribution in [0, 0.1) is 0 Å². The van der Waals surface area contributed by atoms with Crippen LogP contribution in [0.3, 0.4) is 0 Å². The average Bonchev–Trinajstić information content (AvgIpc) is 2.18. The van der Waals surface area contributed by atoms with Crippen molar-refractivity contribution < 1.29 is 14.6 Å². The number of aliphatic hydroxyl groups excluding tert-OH is 1. The van der Waals surface area contributed by atoms with Gasteiger partial charge in [-0.2, -0.15) is 0 Å². The molecule has 0 aromatic heterocycles. The molecule has 0 radical (unpaired) electrons. The summed E-state index contributed by atoms with van der Waals surface area (Å²) in [6.45, 7) is 4.22. The third kappa shape index (κ3) is 9.48. The van der Waals surface area contributed by atoms with E-state index < -0.39 is 0 Å². The summed E-state index contributed by atoms with van der Waals surface area (Å²) in [5, 5.41) is 11.3. The van der Waals surface area contributed by atoms with Crippen molar-refractivity contribution in [2.24, 2.45) is 0 Å². The molecule has 0 saturated carbocycles. The van der Waals surface area contributed by atoms with Crippen LogP contribution >= 0.6 is 0 Å². The smallest absolute Gasteiger partial charge is 0.219 e. The quantitative estimate of drug-likeness (QED) is 0.542. The summed E-state index contributed by atoms with van der Waals surface area (Å²) >= 11 is 0. The lowest BCUT2D eigenvalue weighted by molar-refractivity contribution is -0.121. The maximum absolute atomic E-state index is 11.1. The lowest BCUT2D eigenvalue weighted by Crippen LogP contribution is -2.24. The summed E-state index contributed by atoms with van der Waals surface area (Å²) in [6.07, 6.45) is 2.83. The Morgan fingerprint density at radius 3 is 2.79 bits per heavy atom. The predicted octanol–water partition coefficient (Wildman–Crippen LogP) is 0.692.